The molecule has 3 rings (SSSR count). The van der Waals surface area contributed by atoms with Crippen molar-refractivity contribution in [3.05, 3.63) is 98.5 Å². The minimum atomic E-state index is -4.37. The molecule has 3 aromatic carbocycles. The maximum atomic E-state index is 13.9. The molecule has 0 heterocycles. The Morgan fingerprint density at radius 1 is 1.00 bits per heavy atom. The second kappa shape index (κ2) is 14.3. The zero-order chi connectivity index (χ0) is 30.2. The van der Waals surface area contributed by atoms with Gasteiger partial charge in [-0.3, -0.25) is 24.0 Å². The predicted octanol–water partition coefficient (Wildman–Crippen LogP) is 5.43. The molecule has 0 aliphatic heterocycles. The van der Waals surface area contributed by atoms with Crippen molar-refractivity contribution in [3.63, 3.8) is 0 Å². The molecule has 0 unspecified atom stereocenters. The first-order chi connectivity index (χ1) is 19.5. The molecule has 0 aromatic heterocycles. The third kappa shape index (κ3) is 7.96. The molecule has 0 bridgehead atoms. The van der Waals surface area contributed by atoms with Gasteiger partial charge in [0.2, 0.25) is 11.8 Å². The van der Waals surface area contributed by atoms with E-state index in [1.165, 1.54) is 54.3 Å². The topological polar surface area (TPSA) is 130 Å². The standard InChI is InChI=1S/C28H30Cl2N4O6S/c1-3-4-16-31-28(36)20(2)32(18-24-25(29)14-9-15-26(24)30)27(35)19-33(21-10-8-11-22(17-21)34(37)38)41(39,40)23-12-6-5-7-13-23/h5-15,17,20H,3-4,16,18-19H2,1-2H3,(H,31,36)/t20-/m1/s1. The normalized spacial score (nSPS) is 11.9. The lowest BCUT2D eigenvalue weighted by Gasteiger charge is -2.32. The van der Waals surface area contributed by atoms with E-state index in [0.717, 1.165) is 23.2 Å². The molecule has 1 atom stereocenters. The number of unbranched alkanes of at least 4 members (excludes halogenated alkanes) is 1. The van der Waals surface area contributed by atoms with Crippen molar-refractivity contribution in [2.24, 2.45) is 0 Å². The van der Waals surface area contributed by atoms with Crippen molar-refractivity contribution >= 4 is 56.4 Å². The number of rotatable bonds is 13. The summed E-state index contributed by atoms with van der Waals surface area (Å²) >= 11 is 12.7. The third-order valence-corrected chi connectivity index (χ3v) is 8.82. The summed E-state index contributed by atoms with van der Waals surface area (Å²) in [6.07, 6.45) is 1.58. The van der Waals surface area contributed by atoms with E-state index >= 15 is 0 Å². The first-order valence-corrected chi connectivity index (χ1v) is 15.0. The average Bonchev–Trinajstić information content (AvgIpc) is 2.95. The van der Waals surface area contributed by atoms with Gasteiger partial charge in [0.1, 0.15) is 12.6 Å². The SMILES string of the molecule is CCCCNC(=O)[C@@H](C)N(Cc1c(Cl)cccc1Cl)C(=O)CN(c1cccc([N+](=O)[O-])c1)S(=O)(=O)c1ccccc1. The molecule has 3 aromatic rings. The van der Waals surface area contributed by atoms with Crippen LogP contribution in [0.5, 0.6) is 0 Å². The van der Waals surface area contributed by atoms with Crippen molar-refractivity contribution in [2.45, 2.75) is 44.2 Å². The molecule has 0 aliphatic carbocycles. The largest absolute Gasteiger partial charge is 0.354 e. The quantitative estimate of drug-likeness (QED) is 0.154. The van der Waals surface area contributed by atoms with Crippen LogP contribution >= 0.6 is 23.2 Å². The second-order valence-corrected chi connectivity index (χ2v) is 11.8. The number of nitrogens with zero attached hydrogens (tertiary/aromatic N) is 3. The van der Waals surface area contributed by atoms with Gasteiger partial charge in [-0.25, -0.2) is 8.42 Å². The number of amides is 2. The lowest BCUT2D eigenvalue weighted by Crippen LogP contribution is -2.51. The second-order valence-electron chi connectivity index (χ2n) is 9.14. The highest BCUT2D eigenvalue weighted by Crippen LogP contribution is 2.29. The number of sulfonamides is 1. The zero-order valence-corrected chi connectivity index (χ0v) is 24.8. The molecule has 2 amide bonds. The van der Waals surface area contributed by atoms with Gasteiger partial charge in [0.05, 0.1) is 15.5 Å². The van der Waals surface area contributed by atoms with Crippen molar-refractivity contribution in [1.29, 1.82) is 0 Å². The Kier molecular flexibility index (Phi) is 11.1. The summed E-state index contributed by atoms with van der Waals surface area (Å²) in [6, 6.07) is 16.2. The highest BCUT2D eigenvalue weighted by molar-refractivity contribution is 7.92. The van der Waals surface area contributed by atoms with Crippen molar-refractivity contribution < 1.29 is 22.9 Å². The Labute approximate surface area is 249 Å². The molecule has 0 aliphatic rings. The van der Waals surface area contributed by atoms with Crippen LogP contribution in [0.1, 0.15) is 32.3 Å². The smallest absolute Gasteiger partial charge is 0.271 e. The van der Waals surface area contributed by atoms with Crippen LogP contribution in [0.4, 0.5) is 11.4 Å². The fourth-order valence-electron chi connectivity index (χ4n) is 3.98. The Balaban J connectivity index is 2.07. The van der Waals surface area contributed by atoms with Crippen LogP contribution in [-0.2, 0) is 26.2 Å². The number of hydrogen-bond donors (Lipinski definition) is 1. The summed E-state index contributed by atoms with van der Waals surface area (Å²) in [5.41, 5.74) is -0.0658. The molecule has 218 valence electrons. The van der Waals surface area contributed by atoms with Gasteiger partial charge in [-0.2, -0.15) is 0 Å². The first kappa shape index (κ1) is 31.9. The van der Waals surface area contributed by atoms with Crippen LogP contribution in [0.25, 0.3) is 0 Å². The van der Waals surface area contributed by atoms with Gasteiger partial charge < -0.3 is 10.2 Å². The lowest BCUT2D eigenvalue weighted by molar-refractivity contribution is -0.384. The highest BCUT2D eigenvalue weighted by Gasteiger charge is 2.33. The van der Waals surface area contributed by atoms with Crippen LogP contribution in [0.15, 0.2) is 77.7 Å². The van der Waals surface area contributed by atoms with E-state index in [0.29, 0.717) is 12.1 Å². The number of halogens is 2. The van der Waals surface area contributed by atoms with Crippen molar-refractivity contribution in [1.82, 2.24) is 10.2 Å². The third-order valence-electron chi connectivity index (χ3n) is 6.33. The first-order valence-electron chi connectivity index (χ1n) is 12.8. The summed E-state index contributed by atoms with van der Waals surface area (Å²) < 4.78 is 28.4. The number of non-ortho nitro benzene ring substituents is 1. The Morgan fingerprint density at radius 3 is 2.24 bits per heavy atom. The van der Waals surface area contributed by atoms with E-state index in [4.69, 9.17) is 23.2 Å². The van der Waals surface area contributed by atoms with Gasteiger partial charge in [-0.1, -0.05) is 66.9 Å². The van der Waals surface area contributed by atoms with Crippen LogP contribution in [-0.4, -0.2) is 49.2 Å². The maximum Gasteiger partial charge on any atom is 0.271 e. The minimum Gasteiger partial charge on any atom is -0.354 e. The Morgan fingerprint density at radius 2 is 1.63 bits per heavy atom. The summed E-state index contributed by atoms with van der Waals surface area (Å²) in [7, 11) is -4.37. The Bertz CT molecular complexity index is 1480. The molecule has 10 nitrogen and oxygen atoms in total. The maximum absolute atomic E-state index is 13.9. The molecule has 41 heavy (non-hydrogen) atoms. The van der Waals surface area contributed by atoms with Gasteiger partial charge in [-0.15, -0.1) is 0 Å². The van der Waals surface area contributed by atoms with Crippen LogP contribution in [0, 0.1) is 10.1 Å². The van der Waals surface area contributed by atoms with E-state index in [1.54, 1.807) is 24.3 Å². The van der Waals surface area contributed by atoms with Gasteiger partial charge in [-0.05, 0) is 43.7 Å². The molecular weight excluding hydrogens is 591 g/mol. The zero-order valence-electron chi connectivity index (χ0n) is 22.5. The molecule has 0 spiro atoms. The summed E-state index contributed by atoms with van der Waals surface area (Å²) in [4.78, 5) is 38.9. The molecule has 0 fully saturated rings. The van der Waals surface area contributed by atoms with Gasteiger partial charge in [0.15, 0.2) is 0 Å². The lowest BCUT2D eigenvalue weighted by atomic mass is 10.1. The summed E-state index contributed by atoms with van der Waals surface area (Å²) in [5.74, 6) is -1.19. The number of nitro benzene ring substituents is 1. The number of anilines is 1. The average molecular weight is 622 g/mol. The van der Waals surface area contributed by atoms with Crippen LogP contribution in [0.2, 0.25) is 10.0 Å². The number of benzene rings is 3. The van der Waals surface area contributed by atoms with Crippen LogP contribution < -0.4 is 9.62 Å². The number of hydrogen-bond acceptors (Lipinski definition) is 6. The fraction of sp³-hybridized carbons (Fsp3) is 0.286. The summed E-state index contributed by atoms with van der Waals surface area (Å²) in [6.45, 7) is 2.95. The minimum absolute atomic E-state index is 0.0906. The summed E-state index contributed by atoms with van der Waals surface area (Å²) in [5, 5.41) is 14.8. The van der Waals surface area contributed by atoms with Gasteiger partial charge >= 0.3 is 0 Å². The highest BCUT2D eigenvalue weighted by atomic mass is 35.5. The number of nitro groups is 1. The molecule has 0 saturated carbocycles. The number of carbonyl (C=O) groups is 2. The monoisotopic (exact) mass is 620 g/mol. The van der Waals surface area contributed by atoms with Gasteiger partial charge in [0.25, 0.3) is 15.7 Å². The van der Waals surface area contributed by atoms with Crippen LogP contribution in [0.3, 0.4) is 0 Å². The Hall–Kier alpha value is -3.67. The molecular formula is C28H30Cl2N4O6S. The molecule has 0 saturated heterocycles. The van der Waals surface area contributed by atoms with Gasteiger partial charge in [0, 0.05) is 40.8 Å². The van der Waals surface area contributed by atoms with E-state index in [1.807, 2.05) is 6.92 Å². The van der Waals surface area contributed by atoms with Crippen molar-refractivity contribution in [2.75, 3.05) is 17.4 Å². The number of nitrogens with one attached hydrogen (secondary N) is 1. The number of carbonyl (C=O) groups excluding carboxylic acids is 2. The van der Waals surface area contributed by atoms with E-state index in [-0.39, 0.29) is 32.9 Å². The molecule has 0 radical (unpaired) electrons. The molecule has 13 heteroatoms. The van der Waals surface area contributed by atoms with E-state index in [9.17, 15) is 28.1 Å². The predicted molar refractivity (Wildman–Crippen MR) is 158 cm³/mol. The van der Waals surface area contributed by atoms with E-state index < -0.39 is 39.3 Å². The molecule has 1 N–H and O–H groups in total. The fourth-order valence-corrected chi connectivity index (χ4v) is 5.93. The van der Waals surface area contributed by atoms with E-state index in [2.05, 4.69) is 5.32 Å². The van der Waals surface area contributed by atoms with Crippen molar-refractivity contribution in [3.8, 4) is 0 Å².